The number of anilines is 2. The van der Waals surface area contributed by atoms with Crippen molar-refractivity contribution in [3.05, 3.63) is 5.28 Å². The molecule has 0 amide bonds. The van der Waals surface area contributed by atoms with E-state index in [9.17, 15) is 0 Å². The Morgan fingerprint density at radius 1 is 1.05 bits per heavy atom. The van der Waals surface area contributed by atoms with Crippen molar-refractivity contribution in [2.45, 2.75) is 25.4 Å². The van der Waals surface area contributed by atoms with Crippen molar-refractivity contribution in [2.24, 2.45) is 0 Å². The summed E-state index contributed by atoms with van der Waals surface area (Å²) in [6.45, 7) is 3.49. The lowest BCUT2D eigenvalue weighted by Crippen LogP contribution is -2.43. The molecule has 3 rings (SSSR count). The average molecular weight is 309 g/mol. The minimum absolute atomic E-state index is 0.195. The number of nitriles is 1. The molecule has 2 aliphatic heterocycles. The summed E-state index contributed by atoms with van der Waals surface area (Å²) in [6.07, 6.45) is 3.09. The van der Waals surface area contributed by atoms with E-state index in [-0.39, 0.29) is 5.28 Å². The van der Waals surface area contributed by atoms with Crippen LogP contribution in [0, 0.1) is 11.3 Å². The van der Waals surface area contributed by atoms with Crippen LogP contribution in [0.15, 0.2) is 0 Å². The van der Waals surface area contributed by atoms with E-state index in [4.69, 9.17) is 21.6 Å². The third kappa shape index (κ3) is 3.34. The van der Waals surface area contributed by atoms with Gasteiger partial charge < -0.3 is 14.5 Å². The third-order valence-corrected chi connectivity index (χ3v) is 3.89. The highest BCUT2D eigenvalue weighted by atomic mass is 35.5. The molecule has 1 aromatic heterocycles. The number of rotatable bonds is 2. The second-order valence-electron chi connectivity index (χ2n) is 5.19. The van der Waals surface area contributed by atoms with Crippen LogP contribution < -0.4 is 9.80 Å². The molecule has 2 fully saturated rings. The molecule has 0 radical (unpaired) electrons. The van der Waals surface area contributed by atoms with Crippen LogP contribution in [0.2, 0.25) is 5.28 Å². The highest BCUT2D eigenvalue weighted by molar-refractivity contribution is 6.28. The Morgan fingerprint density at radius 2 is 1.76 bits per heavy atom. The maximum absolute atomic E-state index is 8.98. The molecule has 1 aromatic rings. The molecule has 0 saturated carbocycles. The maximum Gasteiger partial charge on any atom is 0.231 e. The SMILES string of the molecule is N#CC1CN(c2nc(Cl)nc(N3CCCCC3)n2)CCO1. The zero-order valence-corrected chi connectivity index (χ0v) is 12.5. The van der Waals surface area contributed by atoms with Gasteiger partial charge in [-0.15, -0.1) is 0 Å². The summed E-state index contributed by atoms with van der Waals surface area (Å²) < 4.78 is 5.34. The van der Waals surface area contributed by atoms with Crippen LogP contribution in [-0.2, 0) is 4.74 Å². The molecular formula is C13H17ClN6O. The summed E-state index contributed by atoms with van der Waals surface area (Å²) in [5, 5.41) is 9.17. The largest absolute Gasteiger partial charge is 0.360 e. The van der Waals surface area contributed by atoms with E-state index in [1.165, 1.54) is 6.42 Å². The lowest BCUT2D eigenvalue weighted by molar-refractivity contribution is 0.0758. The highest BCUT2D eigenvalue weighted by Crippen LogP contribution is 2.21. The monoisotopic (exact) mass is 308 g/mol. The molecule has 0 N–H and O–H groups in total. The van der Waals surface area contributed by atoms with Gasteiger partial charge in [0.2, 0.25) is 17.2 Å². The second-order valence-corrected chi connectivity index (χ2v) is 5.52. The van der Waals surface area contributed by atoms with Crippen LogP contribution in [0.5, 0.6) is 0 Å². The Labute approximate surface area is 128 Å². The summed E-state index contributed by atoms with van der Waals surface area (Å²) in [5.74, 6) is 1.16. The molecule has 7 nitrogen and oxygen atoms in total. The Kier molecular flexibility index (Phi) is 4.36. The molecular weight excluding hydrogens is 292 g/mol. The Balaban J connectivity index is 1.82. The van der Waals surface area contributed by atoms with Gasteiger partial charge in [-0.25, -0.2) is 0 Å². The first-order chi connectivity index (χ1) is 10.3. The van der Waals surface area contributed by atoms with Gasteiger partial charge in [0.1, 0.15) is 0 Å². The van der Waals surface area contributed by atoms with Gasteiger partial charge in [0, 0.05) is 19.6 Å². The van der Waals surface area contributed by atoms with Gasteiger partial charge in [-0.1, -0.05) is 0 Å². The molecule has 3 heterocycles. The Morgan fingerprint density at radius 3 is 2.48 bits per heavy atom. The number of hydrogen-bond acceptors (Lipinski definition) is 7. The summed E-state index contributed by atoms with van der Waals surface area (Å²) >= 11 is 6.05. The van der Waals surface area contributed by atoms with Crippen LogP contribution in [-0.4, -0.2) is 53.8 Å². The number of morpholine rings is 1. The van der Waals surface area contributed by atoms with Crippen molar-refractivity contribution in [3.8, 4) is 6.07 Å². The van der Waals surface area contributed by atoms with E-state index in [0.717, 1.165) is 25.9 Å². The first-order valence-corrected chi connectivity index (χ1v) is 7.57. The third-order valence-electron chi connectivity index (χ3n) is 3.72. The molecule has 0 spiro atoms. The van der Waals surface area contributed by atoms with E-state index in [1.807, 2.05) is 4.90 Å². The summed E-state index contributed by atoms with van der Waals surface area (Å²) in [4.78, 5) is 17.0. The Bertz CT molecular complexity index is 542. The van der Waals surface area contributed by atoms with Crippen molar-refractivity contribution in [1.82, 2.24) is 15.0 Å². The predicted molar refractivity (Wildman–Crippen MR) is 78.5 cm³/mol. The molecule has 1 unspecified atom stereocenters. The van der Waals surface area contributed by atoms with E-state index >= 15 is 0 Å². The Hall–Kier alpha value is -1.65. The standard InChI is InChI=1S/C13H17ClN6O/c14-11-16-12(19-4-2-1-3-5-19)18-13(17-11)20-6-7-21-10(8-15)9-20/h10H,1-7,9H2. The maximum atomic E-state index is 8.98. The topological polar surface area (TPSA) is 78.2 Å². The summed E-state index contributed by atoms with van der Waals surface area (Å²) in [7, 11) is 0. The molecule has 2 aliphatic rings. The van der Waals surface area contributed by atoms with Gasteiger partial charge in [0.25, 0.3) is 0 Å². The molecule has 112 valence electrons. The van der Waals surface area contributed by atoms with Gasteiger partial charge in [0.15, 0.2) is 6.10 Å². The number of piperidine rings is 1. The van der Waals surface area contributed by atoms with Crippen molar-refractivity contribution in [3.63, 3.8) is 0 Å². The molecule has 8 heteroatoms. The predicted octanol–water partition coefficient (Wildman–Crippen LogP) is 1.24. The van der Waals surface area contributed by atoms with Crippen LogP contribution in [0.4, 0.5) is 11.9 Å². The lowest BCUT2D eigenvalue weighted by atomic mass is 10.1. The van der Waals surface area contributed by atoms with Gasteiger partial charge >= 0.3 is 0 Å². The van der Waals surface area contributed by atoms with Crippen LogP contribution in [0.25, 0.3) is 0 Å². The number of aromatic nitrogens is 3. The summed E-state index contributed by atoms with van der Waals surface area (Å²) in [5.41, 5.74) is 0. The molecule has 0 bridgehead atoms. The fourth-order valence-electron chi connectivity index (χ4n) is 2.62. The van der Waals surface area contributed by atoms with Gasteiger partial charge in [-0.3, -0.25) is 0 Å². The van der Waals surface area contributed by atoms with Gasteiger partial charge in [-0.05, 0) is 30.9 Å². The lowest BCUT2D eigenvalue weighted by Gasteiger charge is -2.31. The van der Waals surface area contributed by atoms with Crippen LogP contribution in [0.3, 0.4) is 0 Å². The van der Waals surface area contributed by atoms with Crippen molar-refractivity contribution < 1.29 is 4.74 Å². The van der Waals surface area contributed by atoms with Crippen molar-refractivity contribution >= 4 is 23.5 Å². The van der Waals surface area contributed by atoms with E-state index in [0.29, 0.717) is 31.6 Å². The number of ether oxygens (including phenoxy) is 1. The zero-order valence-electron chi connectivity index (χ0n) is 11.7. The van der Waals surface area contributed by atoms with E-state index in [1.54, 1.807) is 0 Å². The zero-order chi connectivity index (χ0) is 14.7. The van der Waals surface area contributed by atoms with Crippen molar-refractivity contribution in [2.75, 3.05) is 42.6 Å². The number of nitrogens with zero attached hydrogens (tertiary/aromatic N) is 6. The van der Waals surface area contributed by atoms with Gasteiger partial charge in [-0.2, -0.15) is 20.2 Å². The van der Waals surface area contributed by atoms with E-state index in [2.05, 4.69) is 25.9 Å². The highest BCUT2D eigenvalue weighted by Gasteiger charge is 2.24. The normalized spacial score (nSPS) is 23.0. The smallest absolute Gasteiger partial charge is 0.231 e. The van der Waals surface area contributed by atoms with E-state index < -0.39 is 6.10 Å². The minimum atomic E-state index is -0.451. The number of hydrogen-bond donors (Lipinski definition) is 0. The quantitative estimate of drug-likeness (QED) is 0.813. The van der Waals surface area contributed by atoms with Crippen LogP contribution >= 0.6 is 11.6 Å². The molecule has 0 aromatic carbocycles. The van der Waals surface area contributed by atoms with Crippen molar-refractivity contribution in [1.29, 1.82) is 5.26 Å². The first-order valence-electron chi connectivity index (χ1n) is 7.19. The average Bonchev–Trinajstić information content (AvgIpc) is 2.55. The molecule has 0 aliphatic carbocycles. The molecule has 2 saturated heterocycles. The van der Waals surface area contributed by atoms with Gasteiger partial charge in [0.05, 0.1) is 19.2 Å². The van der Waals surface area contributed by atoms with Crippen LogP contribution in [0.1, 0.15) is 19.3 Å². The number of halogens is 1. The molecule has 21 heavy (non-hydrogen) atoms. The molecule has 1 atom stereocenters. The fraction of sp³-hybridized carbons (Fsp3) is 0.692. The second kappa shape index (κ2) is 6.41. The minimum Gasteiger partial charge on any atom is -0.360 e. The fourth-order valence-corrected chi connectivity index (χ4v) is 2.77. The first kappa shape index (κ1) is 14.3. The summed E-state index contributed by atoms with van der Waals surface area (Å²) in [6, 6.07) is 2.12.